The maximum atomic E-state index is 4.15. The van der Waals surface area contributed by atoms with Crippen LogP contribution in [0.3, 0.4) is 0 Å². The third-order valence-electron chi connectivity index (χ3n) is 2.14. The molecule has 1 aromatic heterocycles. The zero-order chi connectivity index (χ0) is 9.68. The maximum Gasteiger partial charge on any atom is 0.129 e. The van der Waals surface area contributed by atoms with E-state index in [1.165, 1.54) is 0 Å². The second-order valence-corrected chi connectivity index (χ2v) is 3.20. The summed E-state index contributed by atoms with van der Waals surface area (Å²) in [5.41, 5.74) is 1.00. The van der Waals surface area contributed by atoms with Gasteiger partial charge in [0, 0.05) is 17.8 Å². The van der Waals surface area contributed by atoms with Crippen LogP contribution in [0.15, 0.2) is 12.4 Å². The predicted molar refractivity (Wildman–Crippen MR) is 54.8 cm³/mol. The highest BCUT2D eigenvalue weighted by atomic mass is 15.0. The fraction of sp³-hybridized carbons (Fsp3) is 0.600. The number of rotatable bonds is 4. The summed E-state index contributed by atoms with van der Waals surface area (Å²) in [5.74, 6) is 0.932. The van der Waals surface area contributed by atoms with E-state index in [0.29, 0.717) is 6.04 Å². The quantitative estimate of drug-likeness (QED) is 0.771. The van der Waals surface area contributed by atoms with Crippen LogP contribution in [-0.4, -0.2) is 16.0 Å². The van der Waals surface area contributed by atoms with E-state index in [1.807, 2.05) is 13.0 Å². The van der Waals surface area contributed by atoms with Crippen molar-refractivity contribution in [3.05, 3.63) is 18.1 Å². The first-order valence-corrected chi connectivity index (χ1v) is 4.81. The lowest BCUT2D eigenvalue weighted by molar-refractivity contribution is 0.668. The van der Waals surface area contributed by atoms with Crippen LogP contribution < -0.4 is 5.32 Å². The van der Waals surface area contributed by atoms with Gasteiger partial charge in [0.05, 0.1) is 0 Å². The Balaban J connectivity index is 2.62. The van der Waals surface area contributed by atoms with E-state index in [2.05, 4.69) is 29.1 Å². The molecular weight excluding hydrogens is 162 g/mol. The van der Waals surface area contributed by atoms with Gasteiger partial charge in [0.1, 0.15) is 12.1 Å². The molecule has 0 aliphatic carbocycles. The molecule has 0 unspecified atom stereocenters. The first-order valence-electron chi connectivity index (χ1n) is 4.81. The van der Waals surface area contributed by atoms with Gasteiger partial charge >= 0.3 is 0 Å². The van der Waals surface area contributed by atoms with Crippen LogP contribution in [0.2, 0.25) is 0 Å². The predicted octanol–water partition coefficient (Wildman–Crippen LogP) is 2.39. The van der Waals surface area contributed by atoms with Gasteiger partial charge in [0.15, 0.2) is 0 Å². The Bertz CT molecular complexity index is 256. The summed E-state index contributed by atoms with van der Waals surface area (Å²) < 4.78 is 0. The van der Waals surface area contributed by atoms with Crippen molar-refractivity contribution in [3.8, 4) is 0 Å². The van der Waals surface area contributed by atoms with E-state index in [4.69, 9.17) is 0 Å². The summed E-state index contributed by atoms with van der Waals surface area (Å²) in [5, 5.41) is 3.37. The third-order valence-corrected chi connectivity index (χ3v) is 2.14. The minimum absolute atomic E-state index is 0.523. The summed E-state index contributed by atoms with van der Waals surface area (Å²) in [6, 6.07) is 2.49. The van der Waals surface area contributed by atoms with Gasteiger partial charge in [0.2, 0.25) is 0 Å². The van der Waals surface area contributed by atoms with Gasteiger partial charge < -0.3 is 5.32 Å². The first-order chi connectivity index (χ1) is 6.26. The molecular formula is C10H17N3. The van der Waals surface area contributed by atoms with Crippen LogP contribution in [-0.2, 0) is 0 Å². The average Bonchev–Trinajstić information content (AvgIpc) is 2.14. The van der Waals surface area contributed by atoms with Crippen LogP contribution in [0.25, 0.3) is 0 Å². The molecule has 13 heavy (non-hydrogen) atoms. The first kappa shape index (κ1) is 9.96. The Morgan fingerprint density at radius 3 is 2.54 bits per heavy atom. The monoisotopic (exact) mass is 179 g/mol. The summed E-state index contributed by atoms with van der Waals surface area (Å²) in [6.07, 6.45) is 3.85. The van der Waals surface area contributed by atoms with Gasteiger partial charge in [-0.25, -0.2) is 9.97 Å². The third kappa shape index (κ3) is 3.01. The molecule has 3 nitrogen and oxygen atoms in total. The lowest BCUT2D eigenvalue weighted by atomic mass is 10.2. The zero-order valence-corrected chi connectivity index (χ0v) is 8.54. The molecule has 0 aliphatic heterocycles. The molecule has 72 valence electrons. The van der Waals surface area contributed by atoms with E-state index in [9.17, 15) is 0 Å². The molecule has 0 fully saturated rings. The summed E-state index contributed by atoms with van der Waals surface area (Å²) in [4.78, 5) is 8.20. The molecule has 0 bridgehead atoms. The Morgan fingerprint density at radius 1 is 1.31 bits per heavy atom. The highest BCUT2D eigenvalue weighted by molar-refractivity contribution is 5.35. The molecule has 0 saturated heterocycles. The number of hydrogen-bond donors (Lipinski definition) is 1. The summed E-state index contributed by atoms with van der Waals surface area (Å²) in [7, 11) is 0. The molecule has 1 heterocycles. The average molecular weight is 179 g/mol. The Labute approximate surface area is 79.6 Å². The minimum atomic E-state index is 0.523. The lowest BCUT2D eigenvalue weighted by Crippen LogP contribution is -2.17. The van der Waals surface area contributed by atoms with Gasteiger partial charge in [-0.05, 0) is 19.8 Å². The highest BCUT2D eigenvalue weighted by Gasteiger charge is 2.03. The number of nitrogens with one attached hydrogen (secondary N) is 1. The SMILES string of the molecule is CCC(CC)Nc1cc(C)ncn1. The second kappa shape index (κ2) is 4.80. The second-order valence-electron chi connectivity index (χ2n) is 3.20. The van der Waals surface area contributed by atoms with Crippen molar-refractivity contribution in [2.75, 3.05) is 5.32 Å². The number of nitrogens with zero attached hydrogens (tertiary/aromatic N) is 2. The van der Waals surface area contributed by atoms with Crippen molar-refractivity contribution in [1.82, 2.24) is 9.97 Å². The highest BCUT2D eigenvalue weighted by Crippen LogP contribution is 2.08. The van der Waals surface area contributed by atoms with Crippen molar-refractivity contribution in [2.45, 2.75) is 39.7 Å². The van der Waals surface area contributed by atoms with Crippen LogP contribution in [0.1, 0.15) is 32.4 Å². The smallest absolute Gasteiger partial charge is 0.129 e. The van der Waals surface area contributed by atoms with Crippen molar-refractivity contribution in [2.24, 2.45) is 0 Å². The fourth-order valence-electron chi connectivity index (χ4n) is 1.24. The van der Waals surface area contributed by atoms with Crippen LogP contribution in [0, 0.1) is 6.92 Å². The van der Waals surface area contributed by atoms with Crippen molar-refractivity contribution in [1.29, 1.82) is 0 Å². The van der Waals surface area contributed by atoms with Crippen LogP contribution in [0.5, 0.6) is 0 Å². The molecule has 1 aromatic rings. The van der Waals surface area contributed by atoms with Crippen LogP contribution in [0.4, 0.5) is 5.82 Å². The molecule has 0 aliphatic rings. The van der Waals surface area contributed by atoms with Gasteiger partial charge in [-0.1, -0.05) is 13.8 Å². The van der Waals surface area contributed by atoms with Gasteiger partial charge in [0.25, 0.3) is 0 Å². The molecule has 0 saturated carbocycles. The topological polar surface area (TPSA) is 37.8 Å². The number of aryl methyl sites for hydroxylation is 1. The molecule has 0 radical (unpaired) electrons. The van der Waals surface area contributed by atoms with E-state index in [-0.39, 0.29) is 0 Å². The Morgan fingerprint density at radius 2 is 2.00 bits per heavy atom. The molecule has 0 spiro atoms. The number of anilines is 1. The summed E-state index contributed by atoms with van der Waals surface area (Å²) >= 11 is 0. The van der Waals surface area contributed by atoms with Crippen molar-refractivity contribution >= 4 is 5.82 Å². The molecule has 0 aromatic carbocycles. The molecule has 0 atom stereocenters. The van der Waals surface area contributed by atoms with Crippen LogP contribution >= 0.6 is 0 Å². The largest absolute Gasteiger partial charge is 0.367 e. The normalized spacial score (nSPS) is 10.5. The van der Waals surface area contributed by atoms with Crippen molar-refractivity contribution < 1.29 is 0 Å². The van der Waals surface area contributed by atoms with E-state index >= 15 is 0 Å². The fourth-order valence-corrected chi connectivity index (χ4v) is 1.24. The van der Waals surface area contributed by atoms with Gasteiger partial charge in [-0.3, -0.25) is 0 Å². The standard InChI is InChI=1S/C10H17N3/c1-4-9(5-2)13-10-6-8(3)11-7-12-10/h6-7,9H,4-5H2,1-3H3,(H,11,12,13). The molecule has 1 N–H and O–H groups in total. The van der Waals surface area contributed by atoms with Gasteiger partial charge in [-0.15, -0.1) is 0 Å². The minimum Gasteiger partial charge on any atom is -0.367 e. The zero-order valence-electron chi connectivity index (χ0n) is 8.54. The summed E-state index contributed by atoms with van der Waals surface area (Å²) in [6.45, 7) is 6.32. The molecule has 1 rings (SSSR count). The maximum absolute atomic E-state index is 4.15. The van der Waals surface area contributed by atoms with Crippen molar-refractivity contribution in [3.63, 3.8) is 0 Å². The molecule has 3 heteroatoms. The van der Waals surface area contributed by atoms with Gasteiger partial charge in [-0.2, -0.15) is 0 Å². The number of hydrogen-bond acceptors (Lipinski definition) is 3. The van der Waals surface area contributed by atoms with E-state index in [0.717, 1.165) is 24.4 Å². The lowest BCUT2D eigenvalue weighted by Gasteiger charge is -2.14. The molecule has 0 amide bonds. The van der Waals surface area contributed by atoms with E-state index in [1.54, 1.807) is 6.33 Å². The van der Waals surface area contributed by atoms with E-state index < -0.39 is 0 Å². The Kier molecular flexibility index (Phi) is 3.68. The Hall–Kier alpha value is -1.12. The number of aromatic nitrogens is 2.